The van der Waals surface area contributed by atoms with Gasteiger partial charge in [-0.2, -0.15) is 9.81 Å². The molecule has 10 atom stereocenters. The first-order valence-electron chi connectivity index (χ1n) is 13.2. The minimum absolute atomic E-state index is 0.0142. The third-order valence-corrected chi connectivity index (χ3v) is 10.8. The minimum atomic E-state index is -0.274. The van der Waals surface area contributed by atoms with Crippen LogP contribution in [-0.2, 0) is 0 Å². The van der Waals surface area contributed by atoms with Crippen molar-refractivity contribution in [3.63, 3.8) is 0 Å². The van der Waals surface area contributed by atoms with Gasteiger partial charge < -0.3 is 0 Å². The summed E-state index contributed by atoms with van der Waals surface area (Å²) in [5.74, 6) is 4.52. The van der Waals surface area contributed by atoms with E-state index in [-0.39, 0.29) is 17.5 Å². The fourth-order valence-electron chi connectivity index (χ4n) is 8.55. The first-order chi connectivity index (χ1) is 15.2. The van der Waals surface area contributed by atoms with E-state index in [1.807, 2.05) is 6.08 Å². The van der Waals surface area contributed by atoms with E-state index in [1.54, 1.807) is 0 Å². The second kappa shape index (κ2) is 8.80. The van der Waals surface area contributed by atoms with Gasteiger partial charge in [-0.05, 0) is 103 Å². The highest BCUT2D eigenvalue weighted by molar-refractivity contribution is 5.31. The third kappa shape index (κ3) is 3.74. The van der Waals surface area contributed by atoms with Gasteiger partial charge in [-0.15, -0.1) is 0 Å². The van der Waals surface area contributed by atoms with Gasteiger partial charge in [-0.1, -0.05) is 70.1 Å². The van der Waals surface area contributed by atoms with Crippen molar-refractivity contribution >= 4 is 0 Å². The van der Waals surface area contributed by atoms with Gasteiger partial charge >= 0.3 is 0 Å². The molecule has 4 nitrogen and oxygen atoms in total. The molecule has 4 aliphatic rings. The van der Waals surface area contributed by atoms with Gasteiger partial charge in [-0.3, -0.25) is 0 Å². The molecule has 3 unspecified atom stereocenters. The zero-order chi connectivity index (χ0) is 23.3. The van der Waals surface area contributed by atoms with E-state index in [1.165, 1.54) is 25.7 Å². The summed E-state index contributed by atoms with van der Waals surface area (Å²) in [4.78, 5) is 23.2. The lowest BCUT2D eigenvalue weighted by Crippen LogP contribution is -2.54. The van der Waals surface area contributed by atoms with Crippen LogP contribution in [0, 0.1) is 62.1 Å². The summed E-state index contributed by atoms with van der Waals surface area (Å²) in [5, 5.41) is 6.92. The van der Waals surface area contributed by atoms with Crippen LogP contribution in [-0.4, -0.2) is 12.1 Å². The van der Waals surface area contributed by atoms with E-state index in [2.05, 4.69) is 64.0 Å². The van der Waals surface area contributed by atoms with Gasteiger partial charge in [-0.25, -0.2) is 0 Å². The first kappa shape index (κ1) is 23.8. The summed E-state index contributed by atoms with van der Waals surface area (Å²) >= 11 is 0. The molecule has 32 heavy (non-hydrogen) atoms. The summed E-state index contributed by atoms with van der Waals surface area (Å²) in [7, 11) is 0. The Morgan fingerprint density at radius 2 is 1.69 bits per heavy atom. The Kier molecular flexibility index (Phi) is 6.55. The van der Waals surface area contributed by atoms with E-state index in [9.17, 15) is 9.81 Å². The quantitative estimate of drug-likeness (QED) is 0.311. The van der Waals surface area contributed by atoms with Gasteiger partial charge in [0.25, 0.3) is 0 Å². The monoisotopic (exact) mass is 440 g/mol. The molecular formula is C28H44N2O2. The van der Waals surface area contributed by atoms with Crippen molar-refractivity contribution in [2.24, 2.45) is 62.6 Å². The summed E-state index contributed by atoms with van der Waals surface area (Å²) < 4.78 is 0. The number of rotatable bonds is 6. The van der Waals surface area contributed by atoms with Crippen LogP contribution >= 0.6 is 0 Å². The molecule has 0 spiro atoms. The van der Waals surface area contributed by atoms with Crippen LogP contribution in [0.5, 0.6) is 0 Å². The Hall–Kier alpha value is -1.32. The van der Waals surface area contributed by atoms with Crippen molar-refractivity contribution in [1.82, 2.24) is 0 Å². The number of allylic oxidation sites excluding steroid dienone is 2. The molecule has 178 valence electrons. The van der Waals surface area contributed by atoms with Gasteiger partial charge in [0.2, 0.25) is 0 Å². The van der Waals surface area contributed by atoms with E-state index in [0.717, 1.165) is 30.8 Å². The Bertz CT molecular complexity index is 788. The van der Waals surface area contributed by atoms with E-state index in [4.69, 9.17) is 0 Å². The predicted molar refractivity (Wildman–Crippen MR) is 132 cm³/mol. The van der Waals surface area contributed by atoms with Crippen LogP contribution < -0.4 is 0 Å². The Morgan fingerprint density at radius 3 is 2.34 bits per heavy atom. The van der Waals surface area contributed by atoms with Crippen LogP contribution in [0.4, 0.5) is 0 Å². The van der Waals surface area contributed by atoms with Crippen molar-refractivity contribution in [3.8, 4) is 0 Å². The van der Waals surface area contributed by atoms with Crippen LogP contribution in [0.15, 0.2) is 34.2 Å². The Labute approximate surface area is 195 Å². The summed E-state index contributed by atoms with van der Waals surface area (Å²) in [6.45, 7) is 14.3. The molecular weight excluding hydrogens is 396 g/mol. The number of fused-ring (bicyclic) bond motifs is 5. The zero-order valence-corrected chi connectivity index (χ0v) is 21.1. The van der Waals surface area contributed by atoms with Crippen molar-refractivity contribution in [2.75, 3.05) is 0 Å². The van der Waals surface area contributed by atoms with Crippen molar-refractivity contribution in [3.05, 3.63) is 33.6 Å². The average Bonchev–Trinajstić information content (AvgIpc) is 3.13. The fraction of sp³-hybridized carbons (Fsp3) is 0.857. The second-order valence-electron chi connectivity index (χ2n) is 12.6. The standard InChI is InChI=1S/C28H44N2O2/c1-17(2)18(3)7-8-19(4)22-9-10-23-21-16-26(30-32)25-15-20(29-31)11-13-28(25,6)24(21)12-14-27(22,23)5/h7-8,15,17-24,26H,9-14,16H2,1-6H3/t18?,19-,20?,21+,22-,23+,24+,26?,27-,28-/m1/s1. The highest BCUT2D eigenvalue weighted by atomic mass is 16.3. The van der Waals surface area contributed by atoms with Crippen molar-refractivity contribution in [1.29, 1.82) is 0 Å². The van der Waals surface area contributed by atoms with Crippen molar-refractivity contribution < 1.29 is 0 Å². The molecule has 3 fully saturated rings. The number of nitroso groups, excluding NO2 is 2. The smallest absolute Gasteiger partial charge is 0.114 e. The third-order valence-electron chi connectivity index (χ3n) is 10.8. The number of hydrogen-bond acceptors (Lipinski definition) is 4. The first-order valence-corrected chi connectivity index (χ1v) is 13.2. The summed E-state index contributed by atoms with van der Waals surface area (Å²) in [6.07, 6.45) is 14.8. The number of nitrogens with zero attached hydrogens (tertiary/aromatic N) is 2. The van der Waals surface area contributed by atoms with Crippen LogP contribution in [0.25, 0.3) is 0 Å². The highest BCUT2D eigenvalue weighted by Crippen LogP contribution is 2.68. The topological polar surface area (TPSA) is 58.9 Å². The second-order valence-corrected chi connectivity index (χ2v) is 12.6. The van der Waals surface area contributed by atoms with E-state index >= 15 is 0 Å². The molecule has 0 aromatic heterocycles. The van der Waals surface area contributed by atoms with Crippen molar-refractivity contribution in [2.45, 2.75) is 98.6 Å². The van der Waals surface area contributed by atoms with E-state index < -0.39 is 0 Å². The van der Waals surface area contributed by atoms with Gasteiger partial charge in [0.15, 0.2) is 0 Å². The summed E-state index contributed by atoms with van der Waals surface area (Å²) in [6, 6.07) is -0.541. The van der Waals surface area contributed by atoms with Gasteiger partial charge in [0, 0.05) is 0 Å². The molecule has 4 heteroatoms. The molecule has 4 aliphatic carbocycles. The van der Waals surface area contributed by atoms with Gasteiger partial charge in [0.05, 0.1) is 0 Å². The lowest BCUT2D eigenvalue weighted by molar-refractivity contribution is -0.0598. The molecule has 4 rings (SSSR count). The average molecular weight is 441 g/mol. The lowest BCUT2D eigenvalue weighted by Gasteiger charge is -2.59. The molecule has 0 aliphatic heterocycles. The normalized spacial score (nSPS) is 45.5. The lowest BCUT2D eigenvalue weighted by atomic mass is 9.45. The largest absolute Gasteiger partial charge is 0.150 e. The fourth-order valence-corrected chi connectivity index (χ4v) is 8.55. The minimum Gasteiger partial charge on any atom is -0.150 e. The Morgan fingerprint density at radius 1 is 0.938 bits per heavy atom. The maximum atomic E-state index is 12.0. The molecule has 0 saturated heterocycles. The molecule has 0 aromatic rings. The van der Waals surface area contributed by atoms with Crippen LogP contribution in [0.2, 0.25) is 0 Å². The number of hydrogen-bond donors (Lipinski definition) is 0. The summed E-state index contributed by atoms with van der Waals surface area (Å²) in [5.41, 5.74) is 1.51. The maximum absolute atomic E-state index is 12.0. The van der Waals surface area contributed by atoms with Crippen LogP contribution in [0.1, 0.15) is 86.5 Å². The van der Waals surface area contributed by atoms with E-state index in [0.29, 0.717) is 40.9 Å². The molecule has 0 aromatic carbocycles. The Balaban J connectivity index is 1.59. The molecule has 0 radical (unpaired) electrons. The molecule has 0 amide bonds. The maximum Gasteiger partial charge on any atom is 0.114 e. The molecule has 0 heterocycles. The zero-order valence-electron chi connectivity index (χ0n) is 21.1. The predicted octanol–water partition coefficient (Wildman–Crippen LogP) is 7.93. The SMILES string of the molecule is CC(C)C(C)C=C[C@@H](C)[C@H]1CC[C@H]2[C@@H]3CC(N=O)C4=CC(N=O)CC[C@]4(C)[C@H]3CC[C@]12C. The molecule has 3 saturated carbocycles. The highest BCUT2D eigenvalue weighted by Gasteiger charge is 2.61. The molecule has 0 N–H and O–H groups in total. The van der Waals surface area contributed by atoms with Gasteiger partial charge in [0.1, 0.15) is 12.1 Å². The molecule has 0 bridgehead atoms. The van der Waals surface area contributed by atoms with Crippen LogP contribution in [0.3, 0.4) is 0 Å².